The van der Waals surface area contributed by atoms with Gasteiger partial charge in [-0.25, -0.2) is 0 Å². The molecule has 0 bridgehead atoms. The lowest BCUT2D eigenvalue weighted by molar-refractivity contribution is -0.125. The maximum Gasteiger partial charge on any atom is 0.223 e. The van der Waals surface area contributed by atoms with Gasteiger partial charge in [-0.3, -0.25) is 9.59 Å². The molecular formula is C14H21NO2S. The number of carbonyl (C=O) groups is 2. The molecule has 0 radical (unpaired) electrons. The van der Waals surface area contributed by atoms with E-state index in [0.717, 1.165) is 29.0 Å². The van der Waals surface area contributed by atoms with E-state index in [0.29, 0.717) is 6.54 Å². The summed E-state index contributed by atoms with van der Waals surface area (Å²) in [5, 5.41) is 2.95. The largest absolute Gasteiger partial charge is 0.356 e. The lowest BCUT2D eigenvalue weighted by Crippen LogP contribution is -2.31. The van der Waals surface area contributed by atoms with Crippen molar-refractivity contribution in [3.63, 3.8) is 0 Å². The van der Waals surface area contributed by atoms with Crippen LogP contribution in [-0.2, 0) is 11.2 Å². The fraction of sp³-hybridized carbons (Fsp3) is 0.571. The summed E-state index contributed by atoms with van der Waals surface area (Å²) >= 11 is 1.51. The van der Waals surface area contributed by atoms with Crippen LogP contribution in [0.3, 0.4) is 0 Å². The molecule has 100 valence electrons. The summed E-state index contributed by atoms with van der Waals surface area (Å²) in [6.45, 7) is 6.29. The van der Waals surface area contributed by atoms with Gasteiger partial charge in [0.2, 0.25) is 5.91 Å². The molecule has 1 heterocycles. The minimum Gasteiger partial charge on any atom is -0.356 e. The normalized spacial score (nSPS) is 10.7. The van der Waals surface area contributed by atoms with Gasteiger partial charge in [0.15, 0.2) is 5.78 Å². The number of hydrogen-bond donors (Lipinski definition) is 1. The Morgan fingerprint density at radius 3 is 2.44 bits per heavy atom. The van der Waals surface area contributed by atoms with Crippen molar-refractivity contribution in [3.8, 4) is 0 Å². The highest BCUT2D eigenvalue weighted by atomic mass is 32.1. The maximum atomic E-state index is 11.7. The Hall–Kier alpha value is -1.16. The molecule has 1 N–H and O–H groups in total. The predicted molar refractivity (Wildman–Crippen MR) is 75.1 cm³/mol. The first kappa shape index (κ1) is 14.9. The molecule has 0 fully saturated rings. The van der Waals surface area contributed by atoms with Gasteiger partial charge in [-0.05, 0) is 38.3 Å². The Morgan fingerprint density at radius 2 is 1.94 bits per heavy atom. The molecule has 4 heteroatoms. The average molecular weight is 267 g/mol. The number of amides is 1. The van der Waals surface area contributed by atoms with E-state index in [1.54, 1.807) is 6.92 Å². The van der Waals surface area contributed by atoms with E-state index in [9.17, 15) is 9.59 Å². The summed E-state index contributed by atoms with van der Waals surface area (Å²) in [6, 6.07) is 3.82. The summed E-state index contributed by atoms with van der Waals surface area (Å²) in [6.07, 6.45) is 2.56. The summed E-state index contributed by atoms with van der Waals surface area (Å²) in [7, 11) is 0. The molecule has 1 amide bonds. The third-order valence-electron chi connectivity index (χ3n) is 3.04. The first-order valence-electron chi connectivity index (χ1n) is 6.45. The molecule has 0 unspecified atom stereocenters. The first-order valence-corrected chi connectivity index (χ1v) is 7.27. The Kier molecular flexibility index (Phi) is 6.05. The van der Waals surface area contributed by atoms with Crippen LogP contribution in [0.25, 0.3) is 0 Å². The molecule has 0 aliphatic rings. The van der Waals surface area contributed by atoms with E-state index in [4.69, 9.17) is 0 Å². The van der Waals surface area contributed by atoms with Crippen molar-refractivity contribution in [3.05, 3.63) is 21.9 Å². The number of Topliss-reactive ketones (excluding diaryl/α,β-unsaturated/α-hetero) is 1. The minimum atomic E-state index is 0.104. The zero-order valence-electron chi connectivity index (χ0n) is 11.3. The van der Waals surface area contributed by atoms with Crippen molar-refractivity contribution < 1.29 is 9.59 Å². The molecule has 0 atom stereocenters. The summed E-state index contributed by atoms with van der Waals surface area (Å²) in [4.78, 5) is 24.8. The standard InChI is InChI=1S/C14H21NO2S/c1-4-11(5-2)14(17)15-9-8-12-6-7-13(18-12)10(3)16/h6-7,11H,4-5,8-9H2,1-3H3,(H,15,17). The van der Waals surface area contributed by atoms with Gasteiger partial charge in [0.25, 0.3) is 0 Å². The van der Waals surface area contributed by atoms with E-state index in [1.165, 1.54) is 11.3 Å². The second-order valence-corrected chi connectivity index (χ2v) is 5.54. The minimum absolute atomic E-state index is 0.104. The molecule has 3 nitrogen and oxygen atoms in total. The molecular weight excluding hydrogens is 246 g/mol. The van der Waals surface area contributed by atoms with Crippen molar-refractivity contribution in [1.82, 2.24) is 5.32 Å². The highest BCUT2D eigenvalue weighted by Crippen LogP contribution is 2.17. The molecule has 0 aromatic carbocycles. The van der Waals surface area contributed by atoms with E-state index in [1.807, 2.05) is 26.0 Å². The zero-order valence-corrected chi connectivity index (χ0v) is 12.1. The number of rotatable bonds is 7. The van der Waals surface area contributed by atoms with Crippen molar-refractivity contribution in [2.24, 2.45) is 5.92 Å². The Balaban J connectivity index is 2.37. The lowest BCUT2D eigenvalue weighted by Gasteiger charge is -2.12. The second-order valence-electron chi connectivity index (χ2n) is 4.38. The van der Waals surface area contributed by atoms with Crippen LogP contribution in [0.1, 0.15) is 48.2 Å². The fourth-order valence-electron chi connectivity index (χ4n) is 1.81. The average Bonchev–Trinajstić information content (AvgIpc) is 2.79. The molecule has 0 aliphatic carbocycles. The van der Waals surface area contributed by atoms with Crippen molar-refractivity contribution in [1.29, 1.82) is 0 Å². The Bertz CT molecular complexity index is 408. The fourth-order valence-corrected chi connectivity index (χ4v) is 2.72. The summed E-state index contributed by atoms with van der Waals surface area (Å²) in [5.74, 6) is 0.372. The molecule has 1 rings (SSSR count). The van der Waals surface area contributed by atoms with Crippen LogP contribution in [0.2, 0.25) is 0 Å². The molecule has 18 heavy (non-hydrogen) atoms. The Morgan fingerprint density at radius 1 is 1.28 bits per heavy atom. The molecule has 1 aromatic heterocycles. The highest BCUT2D eigenvalue weighted by Gasteiger charge is 2.13. The monoisotopic (exact) mass is 267 g/mol. The van der Waals surface area contributed by atoms with Crippen molar-refractivity contribution in [2.75, 3.05) is 6.54 Å². The third-order valence-corrected chi connectivity index (χ3v) is 4.28. The number of ketones is 1. The van der Waals surface area contributed by atoms with Crippen LogP contribution in [0, 0.1) is 5.92 Å². The molecule has 0 saturated carbocycles. The number of nitrogens with one attached hydrogen (secondary N) is 1. The van der Waals surface area contributed by atoms with Gasteiger partial charge in [-0.1, -0.05) is 13.8 Å². The SMILES string of the molecule is CCC(CC)C(=O)NCCc1ccc(C(C)=O)s1. The van der Waals surface area contributed by atoms with E-state index in [2.05, 4.69) is 5.32 Å². The van der Waals surface area contributed by atoms with Crippen LogP contribution < -0.4 is 5.32 Å². The van der Waals surface area contributed by atoms with E-state index in [-0.39, 0.29) is 17.6 Å². The van der Waals surface area contributed by atoms with E-state index < -0.39 is 0 Å². The Labute approximate surface area is 113 Å². The zero-order chi connectivity index (χ0) is 13.5. The lowest BCUT2D eigenvalue weighted by atomic mass is 10.0. The number of thiophene rings is 1. The van der Waals surface area contributed by atoms with E-state index >= 15 is 0 Å². The van der Waals surface area contributed by atoms with Crippen molar-refractivity contribution >= 4 is 23.0 Å². The van der Waals surface area contributed by atoms with Gasteiger partial charge in [0.05, 0.1) is 4.88 Å². The van der Waals surface area contributed by atoms with Crippen LogP contribution in [0.15, 0.2) is 12.1 Å². The van der Waals surface area contributed by atoms with Gasteiger partial charge >= 0.3 is 0 Å². The highest BCUT2D eigenvalue weighted by molar-refractivity contribution is 7.14. The smallest absolute Gasteiger partial charge is 0.223 e. The predicted octanol–water partition coefficient (Wildman–Crippen LogP) is 3.05. The molecule has 0 saturated heterocycles. The molecule has 1 aromatic rings. The third kappa shape index (κ3) is 4.26. The molecule has 0 spiro atoms. The van der Waals surface area contributed by atoms with Gasteiger partial charge in [-0.15, -0.1) is 11.3 Å². The van der Waals surface area contributed by atoms with Gasteiger partial charge in [0, 0.05) is 17.3 Å². The quantitative estimate of drug-likeness (QED) is 0.772. The maximum absolute atomic E-state index is 11.7. The van der Waals surface area contributed by atoms with Crippen molar-refractivity contribution in [2.45, 2.75) is 40.0 Å². The number of carbonyl (C=O) groups excluding carboxylic acids is 2. The van der Waals surface area contributed by atoms with Crippen LogP contribution >= 0.6 is 11.3 Å². The first-order chi connectivity index (χ1) is 8.58. The van der Waals surface area contributed by atoms with Gasteiger partial charge < -0.3 is 5.32 Å². The van der Waals surface area contributed by atoms with Crippen LogP contribution in [0.4, 0.5) is 0 Å². The number of hydrogen-bond acceptors (Lipinski definition) is 3. The van der Waals surface area contributed by atoms with Gasteiger partial charge in [0.1, 0.15) is 0 Å². The van der Waals surface area contributed by atoms with Crippen LogP contribution in [-0.4, -0.2) is 18.2 Å². The summed E-state index contributed by atoms with van der Waals surface area (Å²) < 4.78 is 0. The summed E-state index contributed by atoms with van der Waals surface area (Å²) in [5.41, 5.74) is 0. The van der Waals surface area contributed by atoms with Crippen LogP contribution in [0.5, 0.6) is 0 Å². The second kappa shape index (κ2) is 7.31. The topological polar surface area (TPSA) is 46.2 Å². The molecule has 0 aliphatic heterocycles. The van der Waals surface area contributed by atoms with Gasteiger partial charge in [-0.2, -0.15) is 0 Å².